The summed E-state index contributed by atoms with van der Waals surface area (Å²) < 4.78 is 15.8. The van der Waals surface area contributed by atoms with Crippen molar-refractivity contribution in [3.63, 3.8) is 0 Å². The first-order chi connectivity index (χ1) is 13.5. The van der Waals surface area contributed by atoms with Crippen LogP contribution in [0.4, 0.5) is 0 Å². The van der Waals surface area contributed by atoms with E-state index >= 15 is 0 Å². The molecule has 4 N–H and O–H groups in total. The van der Waals surface area contributed by atoms with Crippen molar-refractivity contribution < 1.29 is 38.4 Å². The van der Waals surface area contributed by atoms with Crippen LogP contribution in [0.3, 0.4) is 0 Å². The van der Waals surface area contributed by atoms with E-state index < -0.39 is 13.7 Å². The number of aliphatic hydroxyl groups is 1. The minimum atomic E-state index is -4.64. The van der Waals surface area contributed by atoms with E-state index in [1.54, 1.807) is 0 Å². The number of carbonyl (C=O) groups excluding carboxylic acids is 1. The lowest BCUT2D eigenvalue weighted by Gasteiger charge is -2.49. The summed E-state index contributed by atoms with van der Waals surface area (Å²) in [7, 11) is -2.27. The number of hydrogen-bond acceptors (Lipinski definition) is 4. The Morgan fingerprint density at radius 3 is 2.00 bits per heavy atom. The van der Waals surface area contributed by atoms with E-state index in [1.165, 1.54) is 12.8 Å². The zero-order chi connectivity index (χ0) is 21.8. The molecule has 0 aromatic heterocycles. The molecule has 1 aromatic carbocycles. The van der Waals surface area contributed by atoms with Crippen molar-refractivity contribution in [2.24, 2.45) is 0 Å². The van der Waals surface area contributed by atoms with Crippen LogP contribution in [0.2, 0.25) is 0 Å². The Kier molecular flexibility index (Phi) is 10.1. The quantitative estimate of drug-likeness (QED) is 0.272. The van der Waals surface area contributed by atoms with Gasteiger partial charge in [0.2, 0.25) is 0 Å². The van der Waals surface area contributed by atoms with Gasteiger partial charge in [0, 0.05) is 25.7 Å². The molecule has 3 unspecified atom stereocenters. The number of aliphatic hydroxyl groups excluding tert-OH is 1. The highest BCUT2D eigenvalue weighted by Gasteiger charge is 2.53. The number of phosphoric acid groups is 1. The number of benzene rings is 1. The molecular formula is C20H34BrNO7P+. The van der Waals surface area contributed by atoms with Crippen molar-refractivity contribution in [3.05, 3.63) is 35.9 Å². The number of ether oxygens (including phenoxy) is 1. The van der Waals surface area contributed by atoms with Gasteiger partial charge in [-0.15, -0.1) is 17.0 Å². The predicted molar refractivity (Wildman–Crippen MR) is 118 cm³/mol. The number of halogens is 1. The van der Waals surface area contributed by atoms with Crippen molar-refractivity contribution in [1.29, 1.82) is 0 Å². The molecule has 2 aliphatic heterocycles. The lowest BCUT2D eigenvalue weighted by Crippen LogP contribution is -2.62. The Bertz CT molecular complexity index is 705. The van der Waals surface area contributed by atoms with Crippen LogP contribution < -0.4 is 0 Å². The number of rotatable bonds is 5. The van der Waals surface area contributed by atoms with Crippen molar-refractivity contribution in [2.45, 2.75) is 69.7 Å². The fraction of sp³-hybridized carbons (Fsp3) is 0.650. The van der Waals surface area contributed by atoms with Crippen LogP contribution >= 0.6 is 24.8 Å². The number of esters is 1. The fourth-order valence-corrected chi connectivity index (χ4v) is 4.82. The van der Waals surface area contributed by atoms with Crippen LogP contribution in [0.25, 0.3) is 0 Å². The van der Waals surface area contributed by atoms with Gasteiger partial charge in [0.05, 0.1) is 31.8 Å². The molecule has 0 amide bonds. The molecular weight excluding hydrogens is 477 g/mol. The maximum atomic E-state index is 12.6. The lowest BCUT2D eigenvalue weighted by molar-refractivity contribution is -0.968. The highest BCUT2D eigenvalue weighted by molar-refractivity contribution is 8.93. The van der Waals surface area contributed by atoms with Crippen LogP contribution in [0, 0.1) is 0 Å². The van der Waals surface area contributed by atoms with Gasteiger partial charge in [-0.1, -0.05) is 30.3 Å². The van der Waals surface area contributed by atoms with E-state index in [1.807, 2.05) is 30.3 Å². The number of carbonyl (C=O) groups is 1. The highest BCUT2D eigenvalue weighted by atomic mass is 79.9. The summed E-state index contributed by atoms with van der Waals surface area (Å²) in [5, 5.41) is 9.65. The lowest BCUT2D eigenvalue weighted by atomic mass is 9.94. The first kappa shape index (κ1) is 27.2. The molecule has 0 radical (unpaired) electrons. The number of quaternary nitrogens is 1. The first-order valence-electron chi connectivity index (χ1n) is 9.97. The molecule has 3 rings (SSSR count). The first-order valence-corrected chi connectivity index (χ1v) is 11.5. The van der Waals surface area contributed by atoms with Gasteiger partial charge >= 0.3 is 13.8 Å². The van der Waals surface area contributed by atoms with Gasteiger partial charge < -0.3 is 29.0 Å². The Balaban J connectivity index is 0.000000674. The Labute approximate surface area is 188 Å². The topological polar surface area (TPSA) is 124 Å². The van der Waals surface area contributed by atoms with Crippen molar-refractivity contribution in [1.82, 2.24) is 0 Å². The van der Waals surface area contributed by atoms with E-state index in [4.69, 9.17) is 24.0 Å². The second kappa shape index (κ2) is 11.2. The summed E-state index contributed by atoms with van der Waals surface area (Å²) in [4.78, 5) is 34.1. The maximum absolute atomic E-state index is 12.6. The SMILES string of the molecule is Br.CC(C)[N+]1(C)[C@@H]2CC[C@H]1CC(OC(=O)C(CO)c1ccccc1)C2.O=P(O)(O)O. The molecule has 8 nitrogen and oxygen atoms in total. The van der Waals surface area contributed by atoms with Gasteiger partial charge in [-0.3, -0.25) is 4.79 Å². The van der Waals surface area contributed by atoms with Crippen molar-refractivity contribution in [2.75, 3.05) is 13.7 Å². The number of hydrogen-bond donors (Lipinski definition) is 4. The molecule has 2 fully saturated rings. The van der Waals surface area contributed by atoms with Crippen LogP contribution in [0.5, 0.6) is 0 Å². The van der Waals surface area contributed by atoms with Crippen molar-refractivity contribution >= 4 is 30.8 Å². The standard InChI is InChI=1S/C20H30NO3.BrH.H3O4P/c1-14(2)21(3)16-9-10-17(21)12-18(11-16)24-20(23)19(13-22)15-7-5-4-6-8-15;;1-5(2,3)4/h4-8,14,16-19,22H,9-13H2,1-3H3;1H;(H3,1,2,3,4)/q+1;;/t16-,17+,18?,19?,21?;;. The molecule has 2 aliphatic rings. The van der Waals surface area contributed by atoms with Crippen LogP contribution in [-0.2, 0) is 14.1 Å². The molecule has 30 heavy (non-hydrogen) atoms. The number of nitrogens with zero attached hydrogens (tertiary/aromatic N) is 1. The van der Waals surface area contributed by atoms with E-state index in [2.05, 4.69) is 20.9 Å². The Hall–Kier alpha value is -0.800. The van der Waals surface area contributed by atoms with Gasteiger partial charge in [-0.2, -0.15) is 0 Å². The molecule has 2 heterocycles. The second-order valence-electron chi connectivity index (χ2n) is 8.39. The minimum absolute atomic E-state index is 0. The summed E-state index contributed by atoms with van der Waals surface area (Å²) in [6.07, 6.45) is 4.36. The van der Waals surface area contributed by atoms with Crippen LogP contribution in [0.15, 0.2) is 30.3 Å². The maximum Gasteiger partial charge on any atom is 0.466 e. The minimum Gasteiger partial charge on any atom is -0.461 e. The molecule has 0 saturated carbocycles. The molecule has 172 valence electrons. The Morgan fingerprint density at radius 2 is 1.60 bits per heavy atom. The summed E-state index contributed by atoms with van der Waals surface area (Å²) in [6.45, 7) is 4.39. The van der Waals surface area contributed by atoms with Gasteiger partial charge in [0.25, 0.3) is 0 Å². The van der Waals surface area contributed by atoms with E-state index in [0.29, 0.717) is 18.1 Å². The van der Waals surface area contributed by atoms with Gasteiger partial charge in [-0.25, -0.2) is 4.57 Å². The molecule has 2 saturated heterocycles. The summed E-state index contributed by atoms with van der Waals surface area (Å²) >= 11 is 0. The van der Waals surface area contributed by atoms with Crippen LogP contribution in [-0.4, -0.2) is 68.1 Å². The van der Waals surface area contributed by atoms with Crippen LogP contribution in [0.1, 0.15) is 51.0 Å². The molecule has 0 aliphatic carbocycles. The number of fused-ring (bicyclic) bond motifs is 2. The average Bonchev–Trinajstić information content (AvgIpc) is 2.79. The van der Waals surface area contributed by atoms with Crippen molar-refractivity contribution in [3.8, 4) is 0 Å². The molecule has 2 bridgehead atoms. The zero-order valence-electron chi connectivity index (χ0n) is 17.6. The highest BCUT2D eigenvalue weighted by Crippen LogP contribution is 2.44. The van der Waals surface area contributed by atoms with Gasteiger partial charge in [-0.05, 0) is 19.4 Å². The zero-order valence-corrected chi connectivity index (χ0v) is 20.2. The van der Waals surface area contributed by atoms with Gasteiger partial charge in [0.15, 0.2) is 0 Å². The predicted octanol–water partition coefficient (Wildman–Crippen LogP) is 2.50. The summed E-state index contributed by atoms with van der Waals surface area (Å²) in [5.41, 5.74) is 0.826. The smallest absolute Gasteiger partial charge is 0.461 e. The van der Waals surface area contributed by atoms with Gasteiger partial charge in [0.1, 0.15) is 12.0 Å². The number of piperidine rings is 1. The molecule has 5 atom stereocenters. The second-order valence-corrected chi connectivity index (χ2v) is 9.42. The normalized spacial score (nSPS) is 28.7. The summed E-state index contributed by atoms with van der Waals surface area (Å²) in [6, 6.07) is 11.2. The summed E-state index contributed by atoms with van der Waals surface area (Å²) in [5.74, 6) is -0.856. The van der Waals surface area contributed by atoms with E-state index in [-0.39, 0.29) is 35.7 Å². The monoisotopic (exact) mass is 510 g/mol. The third-order valence-electron chi connectivity index (χ3n) is 6.54. The Morgan fingerprint density at radius 1 is 1.13 bits per heavy atom. The van der Waals surface area contributed by atoms with E-state index in [9.17, 15) is 9.90 Å². The molecule has 10 heteroatoms. The average molecular weight is 511 g/mol. The van der Waals surface area contributed by atoms with E-state index in [0.717, 1.165) is 22.9 Å². The molecule has 0 spiro atoms. The third kappa shape index (κ3) is 6.85. The largest absolute Gasteiger partial charge is 0.466 e. The fourth-order valence-electron chi connectivity index (χ4n) is 4.82. The molecule has 1 aromatic rings. The third-order valence-corrected chi connectivity index (χ3v) is 6.54.